The average molecular weight is 345 g/mol. The van der Waals surface area contributed by atoms with Crippen molar-refractivity contribution in [3.63, 3.8) is 0 Å². The molecule has 0 aromatic heterocycles. The van der Waals surface area contributed by atoms with Crippen LogP contribution in [0.3, 0.4) is 0 Å². The first-order chi connectivity index (χ1) is 12.1. The topological polar surface area (TPSA) is 56.8 Å². The normalized spacial score (nSPS) is 10.6. The second kappa shape index (κ2) is 8.73. The summed E-state index contributed by atoms with van der Waals surface area (Å²) in [6.07, 6.45) is 2.70. The van der Waals surface area contributed by atoms with Crippen LogP contribution in [0.1, 0.15) is 11.1 Å². The Balaban J connectivity index is 2.10. The summed E-state index contributed by atoms with van der Waals surface area (Å²) in [6.45, 7) is 0.191. The number of benzene rings is 2. The maximum absolute atomic E-state index is 13.5. The molecule has 0 saturated carbocycles. The summed E-state index contributed by atoms with van der Waals surface area (Å²) in [6, 6.07) is 9.64. The summed E-state index contributed by atoms with van der Waals surface area (Å²) >= 11 is 0. The minimum atomic E-state index is -0.384. The van der Waals surface area contributed by atoms with Crippen LogP contribution in [0.4, 0.5) is 4.39 Å². The molecule has 25 heavy (non-hydrogen) atoms. The molecular weight excluding hydrogens is 325 g/mol. The van der Waals surface area contributed by atoms with Crippen LogP contribution in [0, 0.1) is 5.82 Å². The van der Waals surface area contributed by atoms with Gasteiger partial charge in [-0.15, -0.1) is 0 Å². The lowest BCUT2D eigenvalue weighted by molar-refractivity contribution is -0.116. The van der Waals surface area contributed by atoms with Crippen molar-refractivity contribution in [3.8, 4) is 17.2 Å². The van der Waals surface area contributed by atoms with Gasteiger partial charge in [0, 0.05) is 23.8 Å². The predicted molar refractivity (Wildman–Crippen MR) is 93.4 cm³/mol. The SMILES string of the molecule is COc1cc(OC)c(CNC(=O)/C=C/c2ccccc2F)c(OC)c1. The molecule has 0 aliphatic heterocycles. The highest BCUT2D eigenvalue weighted by Gasteiger charge is 2.13. The largest absolute Gasteiger partial charge is 0.496 e. The van der Waals surface area contributed by atoms with E-state index in [1.165, 1.54) is 32.4 Å². The van der Waals surface area contributed by atoms with Crippen LogP contribution in [0.2, 0.25) is 0 Å². The van der Waals surface area contributed by atoms with E-state index in [9.17, 15) is 9.18 Å². The number of halogens is 1. The third-order valence-electron chi connectivity index (χ3n) is 3.58. The van der Waals surface area contributed by atoms with E-state index < -0.39 is 0 Å². The fraction of sp³-hybridized carbons (Fsp3) is 0.211. The number of carbonyl (C=O) groups excluding carboxylic acids is 1. The Hall–Kier alpha value is -3.02. The van der Waals surface area contributed by atoms with Gasteiger partial charge in [0.2, 0.25) is 5.91 Å². The maximum atomic E-state index is 13.5. The lowest BCUT2D eigenvalue weighted by Gasteiger charge is -2.15. The third kappa shape index (κ3) is 4.73. The zero-order valence-corrected chi connectivity index (χ0v) is 14.3. The van der Waals surface area contributed by atoms with Gasteiger partial charge in [0.05, 0.1) is 33.4 Å². The summed E-state index contributed by atoms with van der Waals surface area (Å²) in [5, 5.41) is 2.73. The van der Waals surface area contributed by atoms with Crippen molar-refractivity contribution in [2.24, 2.45) is 0 Å². The number of nitrogens with one attached hydrogen (secondary N) is 1. The molecule has 0 unspecified atom stereocenters. The van der Waals surface area contributed by atoms with Crippen LogP contribution in [-0.2, 0) is 11.3 Å². The molecule has 2 aromatic carbocycles. The fourth-order valence-electron chi connectivity index (χ4n) is 2.26. The van der Waals surface area contributed by atoms with Gasteiger partial charge in [-0.1, -0.05) is 18.2 Å². The summed E-state index contributed by atoms with van der Waals surface area (Å²) < 4.78 is 29.4. The van der Waals surface area contributed by atoms with E-state index in [1.54, 1.807) is 37.4 Å². The average Bonchev–Trinajstić information content (AvgIpc) is 2.64. The van der Waals surface area contributed by atoms with Crippen molar-refractivity contribution in [1.82, 2.24) is 5.32 Å². The Kier molecular flexibility index (Phi) is 6.39. The summed E-state index contributed by atoms with van der Waals surface area (Å²) in [7, 11) is 4.60. The Morgan fingerprint density at radius 1 is 1.08 bits per heavy atom. The molecule has 2 rings (SSSR count). The molecule has 0 saturated heterocycles. The van der Waals surface area contributed by atoms with Crippen molar-refractivity contribution in [3.05, 3.63) is 59.4 Å². The van der Waals surface area contributed by atoms with Gasteiger partial charge in [-0.3, -0.25) is 4.79 Å². The minimum Gasteiger partial charge on any atom is -0.496 e. The first-order valence-corrected chi connectivity index (χ1v) is 7.58. The highest BCUT2D eigenvalue weighted by molar-refractivity contribution is 5.91. The van der Waals surface area contributed by atoms with Crippen molar-refractivity contribution < 1.29 is 23.4 Å². The molecule has 0 aliphatic rings. The van der Waals surface area contributed by atoms with E-state index in [0.717, 1.165) is 0 Å². The molecule has 0 aliphatic carbocycles. The number of hydrogen-bond acceptors (Lipinski definition) is 4. The van der Waals surface area contributed by atoms with Crippen LogP contribution in [0.15, 0.2) is 42.5 Å². The zero-order valence-electron chi connectivity index (χ0n) is 14.3. The van der Waals surface area contributed by atoms with Crippen LogP contribution < -0.4 is 19.5 Å². The van der Waals surface area contributed by atoms with Crippen LogP contribution in [0.5, 0.6) is 17.2 Å². The number of carbonyl (C=O) groups is 1. The summed E-state index contributed by atoms with van der Waals surface area (Å²) in [4.78, 5) is 12.0. The van der Waals surface area contributed by atoms with Crippen LogP contribution >= 0.6 is 0 Å². The van der Waals surface area contributed by atoms with Gasteiger partial charge in [0.1, 0.15) is 23.1 Å². The van der Waals surface area contributed by atoms with E-state index in [0.29, 0.717) is 28.4 Å². The van der Waals surface area contributed by atoms with Crippen molar-refractivity contribution in [2.45, 2.75) is 6.54 Å². The molecule has 0 atom stereocenters. The molecule has 0 heterocycles. The van der Waals surface area contributed by atoms with E-state index in [2.05, 4.69) is 5.32 Å². The van der Waals surface area contributed by atoms with Crippen LogP contribution in [-0.4, -0.2) is 27.2 Å². The molecule has 0 fully saturated rings. The van der Waals surface area contributed by atoms with Gasteiger partial charge in [0.25, 0.3) is 0 Å². The van der Waals surface area contributed by atoms with Crippen molar-refractivity contribution >= 4 is 12.0 Å². The first-order valence-electron chi connectivity index (χ1n) is 7.58. The Labute approximate surface area is 146 Å². The molecule has 0 radical (unpaired) electrons. The maximum Gasteiger partial charge on any atom is 0.244 e. The molecule has 0 bridgehead atoms. The van der Waals surface area contributed by atoms with E-state index in [-0.39, 0.29) is 18.3 Å². The quantitative estimate of drug-likeness (QED) is 0.783. The van der Waals surface area contributed by atoms with Crippen molar-refractivity contribution in [2.75, 3.05) is 21.3 Å². The second-order valence-electron chi connectivity index (χ2n) is 5.08. The standard InChI is InChI=1S/C19H20FNO4/c1-23-14-10-17(24-2)15(18(11-14)25-3)12-21-19(22)9-8-13-6-4-5-7-16(13)20/h4-11H,12H2,1-3H3,(H,21,22)/b9-8+. The first kappa shape index (κ1) is 18.3. The fourth-order valence-corrected chi connectivity index (χ4v) is 2.26. The monoisotopic (exact) mass is 345 g/mol. The van der Waals surface area contributed by atoms with Gasteiger partial charge in [0.15, 0.2) is 0 Å². The molecule has 2 aromatic rings. The van der Waals surface area contributed by atoms with E-state index in [4.69, 9.17) is 14.2 Å². The lowest BCUT2D eigenvalue weighted by Crippen LogP contribution is -2.21. The lowest BCUT2D eigenvalue weighted by atomic mass is 10.1. The molecule has 132 valence electrons. The molecule has 1 N–H and O–H groups in total. The van der Waals surface area contributed by atoms with Gasteiger partial charge >= 0.3 is 0 Å². The zero-order chi connectivity index (χ0) is 18.2. The smallest absolute Gasteiger partial charge is 0.244 e. The molecule has 1 amide bonds. The number of ether oxygens (including phenoxy) is 3. The number of rotatable bonds is 7. The summed E-state index contributed by atoms with van der Waals surface area (Å²) in [5.41, 5.74) is 1.02. The van der Waals surface area contributed by atoms with Gasteiger partial charge in [-0.05, 0) is 12.1 Å². The third-order valence-corrected chi connectivity index (χ3v) is 3.58. The Bertz CT molecular complexity index is 749. The number of hydrogen-bond donors (Lipinski definition) is 1. The highest BCUT2D eigenvalue weighted by Crippen LogP contribution is 2.33. The molecule has 6 heteroatoms. The number of methoxy groups -OCH3 is 3. The predicted octanol–water partition coefficient (Wildman–Crippen LogP) is 3.18. The molecule has 0 spiro atoms. The highest BCUT2D eigenvalue weighted by atomic mass is 19.1. The molecule has 5 nitrogen and oxygen atoms in total. The van der Waals surface area contributed by atoms with E-state index in [1.807, 2.05) is 0 Å². The van der Waals surface area contributed by atoms with Crippen molar-refractivity contribution in [1.29, 1.82) is 0 Å². The van der Waals surface area contributed by atoms with Gasteiger partial charge in [-0.25, -0.2) is 4.39 Å². The second-order valence-corrected chi connectivity index (χ2v) is 5.08. The van der Waals surface area contributed by atoms with E-state index >= 15 is 0 Å². The Morgan fingerprint density at radius 3 is 2.28 bits per heavy atom. The van der Waals surface area contributed by atoms with Crippen LogP contribution in [0.25, 0.3) is 6.08 Å². The summed E-state index contributed by atoms with van der Waals surface area (Å²) in [5.74, 6) is 0.917. The van der Waals surface area contributed by atoms with Gasteiger partial charge in [-0.2, -0.15) is 0 Å². The minimum absolute atomic E-state index is 0.191. The Morgan fingerprint density at radius 2 is 1.72 bits per heavy atom. The molecular formula is C19H20FNO4. The number of amides is 1. The van der Waals surface area contributed by atoms with Gasteiger partial charge < -0.3 is 19.5 Å².